The highest BCUT2D eigenvalue weighted by Gasteiger charge is 2.38. The van der Waals surface area contributed by atoms with Crippen LogP contribution in [0.1, 0.15) is 30.5 Å². The molecule has 6 heteroatoms. The second-order valence-corrected chi connectivity index (χ2v) is 5.38. The molecule has 4 nitrogen and oxygen atoms in total. The molecular formula is C15H18F2N2O2. The number of nitrogens with zero attached hydrogens (tertiary/aromatic N) is 1. The minimum absolute atomic E-state index is 0.236. The van der Waals surface area contributed by atoms with E-state index >= 15 is 0 Å². The Hall–Kier alpha value is -1.98. The summed E-state index contributed by atoms with van der Waals surface area (Å²) in [4.78, 5) is 25.5. The molecule has 0 bridgehead atoms. The smallest absolute Gasteiger partial charge is 0.254 e. The van der Waals surface area contributed by atoms with E-state index in [1.54, 1.807) is 12.1 Å². The first-order chi connectivity index (χ1) is 9.79. The van der Waals surface area contributed by atoms with Crippen molar-refractivity contribution in [1.82, 2.24) is 10.2 Å². The third kappa shape index (κ3) is 3.56. The number of carbonyl (C=O) groups is 2. The molecule has 0 radical (unpaired) electrons. The molecule has 1 fully saturated rings. The van der Waals surface area contributed by atoms with Crippen molar-refractivity contribution in [3.8, 4) is 0 Å². The van der Waals surface area contributed by atoms with Crippen LogP contribution in [0.25, 0.3) is 0 Å². The van der Waals surface area contributed by atoms with Crippen molar-refractivity contribution in [3.05, 3.63) is 35.4 Å². The van der Waals surface area contributed by atoms with Crippen molar-refractivity contribution >= 4 is 11.8 Å². The van der Waals surface area contributed by atoms with Crippen LogP contribution >= 0.6 is 0 Å². The summed E-state index contributed by atoms with van der Waals surface area (Å²) < 4.78 is 26.2. The van der Waals surface area contributed by atoms with Gasteiger partial charge >= 0.3 is 0 Å². The summed E-state index contributed by atoms with van der Waals surface area (Å²) in [5.41, 5.74) is 1.52. The van der Waals surface area contributed by atoms with Crippen molar-refractivity contribution in [3.63, 3.8) is 0 Å². The van der Waals surface area contributed by atoms with E-state index in [0.29, 0.717) is 12.5 Å². The number of hydrogen-bond acceptors (Lipinski definition) is 2. The summed E-state index contributed by atoms with van der Waals surface area (Å²) in [7, 11) is 0. The molecule has 1 unspecified atom stereocenters. The minimum Gasteiger partial charge on any atom is -0.352 e. The fourth-order valence-corrected chi connectivity index (χ4v) is 2.51. The molecule has 1 aromatic carbocycles. The van der Waals surface area contributed by atoms with Crippen molar-refractivity contribution < 1.29 is 18.4 Å². The predicted molar refractivity (Wildman–Crippen MR) is 73.9 cm³/mol. The van der Waals surface area contributed by atoms with Crippen LogP contribution in [0.5, 0.6) is 0 Å². The van der Waals surface area contributed by atoms with Gasteiger partial charge in [0, 0.05) is 13.1 Å². The molecule has 0 aromatic heterocycles. The standard InChI is InChI=1S/C15H18F2N2O2/c1-10-5-3-4-6-11(10)13-14(21)18-7-8-19(13)12(20)9-15(2,16)17/h3-6,13H,7-9H2,1-2H3,(H,18,21). The van der Waals surface area contributed by atoms with Gasteiger partial charge in [0.2, 0.25) is 11.8 Å². The Morgan fingerprint density at radius 3 is 2.71 bits per heavy atom. The summed E-state index contributed by atoms with van der Waals surface area (Å²) in [6, 6.07) is 6.33. The van der Waals surface area contributed by atoms with Crippen LogP contribution < -0.4 is 5.32 Å². The monoisotopic (exact) mass is 296 g/mol. The number of rotatable bonds is 3. The number of halogens is 2. The third-order valence-corrected chi connectivity index (χ3v) is 3.48. The van der Waals surface area contributed by atoms with Gasteiger partial charge in [0.05, 0.1) is 6.42 Å². The molecule has 1 saturated heterocycles. The van der Waals surface area contributed by atoms with E-state index in [0.717, 1.165) is 5.56 Å². The molecule has 1 atom stereocenters. The number of hydrogen-bond donors (Lipinski definition) is 1. The van der Waals surface area contributed by atoms with Crippen molar-refractivity contribution in [2.24, 2.45) is 0 Å². The molecule has 2 rings (SSSR count). The largest absolute Gasteiger partial charge is 0.352 e. The lowest BCUT2D eigenvalue weighted by Gasteiger charge is -2.36. The Morgan fingerprint density at radius 2 is 2.10 bits per heavy atom. The lowest BCUT2D eigenvalue weighted by atomic mass is 9.97. The van der Waals surface area contributed by atoms with E-state index in [1.807, 2.05) is 19.1 Å². The van der Waals surface area contributed by atoms with Crippen molar-refractivity contribution in [1.29, 1.82) is 0 Å². The maximum absolute atomic E-state index is 13.1. The van der Waals surface area contributed by atoms with Crippen LogP contribution in [0.3, 0.4) is 0 Å². The summed E-state index contributed by atoms with van der Waals surface area (Å²) in [5, 5.41) is 2.69. The fraction of sp³-hybridized carbons (Fsp3) is 0.467. The zero-order chi connectivity index (χ0) is 15.6. The molecule has 1 aromatic rings. The van der Waals surface area contributed by atoms with Crippen LogP contribution in [0.2, 0.25) is 0 Å². The van der Waals surface area contributed by atoms with Gasteiger partial charge in [-0.2, -0.15) is 0 Å². The average Bonchev–Trinajstić information content (AvgIpc) is 2.37. The van der Waals surface area contributed by atoms with Crippen molar-refractivity contribution in [2.45, 2.75) is 32.2 Å². The van der Waals surface area contributed by atoms with Gasteiger partial charge in [-0.05, 0) is 25.0 Å². The van der Waals surface area contributed by atoms with Crippen LogP contribution in [0, 0.1) is 6.92 Å². The summed E-state index contributed by atoms with van der Waals surface area (Å²) in [5.74, 6) is -4.12. The number of aryl methyl sites for hydroxylation is 1. The second kappa shape index (κ2) is 5.79. The Bertz CT molecular complexity index is 555. The topological polar surface area (TPSA) is 49.4 Å². The van der Waals surface area contributed by atoms with E-state index in [9.17, 15) is 18.4 Å². The number of piperazine rings is 1. The van der Waals surface area contributed by atoms with E-state index in [-0.39, 0.29) is 19.0 Å². The van der Waals surface area contributed by atoms with Gasteiger partial charge < -0.3 is 10.2 Å². The predicted octanol–water partition coefficient (Wildman–Crippen LogP) is 2.04. The van der Waals surface area contributed by atoms with Gasteiger partial charge in [-0.3, -0.25) is 9.59 Å². The van der Waals surface area contributed by atoms with E-state index in [1.165, 1.54) is 4.90 Å². The summed E-state index contributed by atoms with van der Waals surface area (Å²) >= 11 is 0. The second-order valence-electron chi connectivity index (χ2n) is 5.38. The van der Waals surface area contributed by atoms with Gasteiger partial charge in [-0.25, -0.2) is 8.78 Å². The molecule has 21 heavy (non-hydrogen) atoms. The van der Waals surface area contributed by atoms with E-state index < -0.39 is 24.3 Å². The molecule has 0 saturated carbocycles. The zero-order valence-corrected chi connectivity index (χ0v) is 12.0. The third-order valence-electron chi connectivity index (χ3n) is 3.48. The van der Waals surface area contributed by atoms with E-state index in [4.69, 9.17) is 0 Å². The highest BCUT2D eigenvalue weighted by Crippen LogP contribution is 2.28. The quantitative estimate of drug-likeness (QED) is 0.928. The lowest BCUT2D eigenvalue weighted by molar-refractivity contribution is -0.148. The minimum atomic E-state index is -3.08. The average molecular weight is 296 g/mol. The molecule has 1 N–H and O–H groups in total. The number of carbonyl (C=O) groups excluding carboxylic acids is 2. The maximum atomic E-state index is 13.1. The van der Waals surface area contributed by atoms with Crippen LogP contribution in [-0.4, -0.2) is 35.7 Å². The summed E-state index contributed by atoms with van der Waals surface area (Å²) in [6.45, 7) is 3.05. The number of benzene rings is 1. The molecule has 1 heterocycles. The molecule has 2 amide bonds. The Balaban J connectivity index is 2.32. The normalized spacial score (nSPS) is 19.3. The van der Waals surface area contributed by atoms with E-state index in [2.05, 4.69) is 5.32 Å². The molecule has 0 spiro atoms. The number of alkyl halides is 2. The Labute approximate surface area is 122 Å². The molecule has 0 aliphatic carbocycles. The van der Waals surface area contributed by atoms with Gasteiger partial charge in [-0.1, -0.05) is 24.3 Å². The highest BCUT2D eigenvalue weighted by atomic mass is 19.3. The summed E-state index contributed by atoms with van der Waals surface area (Å²) in [6.07, 6.45) is -0.886. The molecule has 114 valence electrons. The van der Waals surface area contributed by atoms with Gasteiger partial charge in [0.15, 0.2) is 0 Å². The van der Waals surface area contributed by atoms with Crippen LogP contribution in [0.15, 0.2) is 24.3 Å². The van der Waals surface area contributed by atoms with Gasteiger partial charge in [0.25, 0.3) is 5.92 Å². The zero-order valence-electron chi connectivity index (χ0n) is 12.0. The fourth-order valence-electron chi connectivity index (χ4n) is 2.51. The highest BCUT2D eigenvalue weighted by molar-refractivity contribution is 5.90. The van der Waals surface area contributed by atoms with Crippen LogP contribution in [0.4, 0.5) is 8.78 Å². The first-order valence-electron chi connectivity index (χ1n) is 6.80. The maximum Gasteiger partial charge on any atom is 0.254 e. The van der Waals surface area contributed by atoms with Gasteiger partial charge in [-0.15, -0.1) is 0 Å². The Kier molecular flexibility index (Phi) is 4.25. The molecule has 1 aliphatic heterocycles. The number of nitrogens with one attached hydrogen (secondary N) is 1. The molecular weight excluding hydrogens is 278 g/mol. The molecule has 1 aliphatic rings. The first-order valence-corrected chi connectivity index (χ1v) is 6.80. The Morgan fingerprint density at radius 1 is 1.43 bits per heavy atom. The van der Waals surface area contributed by atoms with Crippen LogP contribution in [-0.2, 0) is 9.59 Å². The van der Waals surface area contributed by atoms with Gasteiger partial charge in [0.1, 0.15) is 6.04 Å². The first kappa shape index (κ1) is 15.4. The number of amides is 2. The van der Waals surface area contributed by atoms with Crippen molar-refractivity contribution in [2.75, 3.05) is 13.1 Å². The lowest BCUT2D eigenvalue weighted by Crippen LogP contribution is -2.53. The SMILES string of the molecule is Cc1ccccc1C1C(=O)NCCN1C(=O)CC(C)(F)F.